The lowest BCUT2D eigenvalue weighted by atomic mass is 10.1. The Hall–Kier alpha value is -3.03. The number of aryl methyl sites for hydroxylation is 2. The molecule has 168 valence electrons. The molecular weight excluding hydrogens is 404 g/mol. The average molecular weight is 435 g/mol. The third-order valence-corrected chi connectivity index (χ3v) is 5.79. The average Bonchev–Trinajstić information content (AvgIpc) is 3.29. The predicted molar refractivity (Wildman–Crippen MR) is 122 cm³/mol. The monoisotopic (exact) mass is 434 g/mol. The zero-order valence-electron chi connectivity index (χ0n) is 18.8. The van der Waals surface area contributed by atoms with Crippen molar-refractivity contribution in [2.75, 3.05) is 39.8 Å². The van der Waals surface area contributed by atoms with E-state index in [0.717, 1.165) is 62.3 Å². The zero-order chi connectivity index (χ0) is 22.3. The number of methoxy groups -OCH3 is 1. The summed E-state index contributed by atoms with van der Waals surface area (Å²) in [5.41, 5.74) is 3.93. The number of hydrogen-bond donors (Lipinski definition) is 0. The van der Waals surface area contributed by atoms with E-state index < -0.39 is 0 Å². The number of ether oxygens (including phenoxy) is 1. The Morgan fingerprint density at radius 1 is 1.09 bits per heavy atom. The van der Waals surface area contributed by atoms with E-state index in [1.165, 1.54) is 5.56 Å². The molecular formula is C25H30N4O3. The Labute approximate surface area is 189 Å². The van der Waals surface area contributed by atoms with Crippen LogP contribution in [0.2, 0.25) is 0 Å². The van der Waals surface area contributed by atoms with Crippen molar-refractivity contribution in [3.05, 3.63) is 71.1 Å². The number of aromatic nitrogens is 2. The topological polar surface area (TPSA) is 71.7 Å². The molecule has 0 saturated carbocycles. The number of nitrogens with zero attached hydrogens (tertiary/aromatic N) is 4. The zero-order valence-corrected chi connectivity index (χ0v) is 18.8. The van der Waals surface area contributed by atoms with Gasteiger partial charge in [0, 0.05) is 50.8 Å². The van der Waals surface area contributed by atoms with Crippen LogP contribution in [0.3, 0.4) is 0 Å². The Morgan fingerprint density at radius 3 is 2.62 bits per heavy atom. The summed E-state index contributed by atoms with van der Waals surface area (Å²) in [6.45, 7) is 6.76. The summed E-state index contributed by atoms with van der Waals surface area (Å²) in [6.07, 6.45) is 1.70. The molecule has 1 aliphatic rings. The van der Waals surface area contributed by atoms with E-state index in [4.69, 9.17) is 9.26 Å². The van der Waals surface area contributed by atoms with Crippen LogP contribution in [0.1, 0.15) is 33.8 Å². The van der Waals surface area contributed by atoms with Gasteiger partial charge in [-0.1, -0.05) is 47.1 Å². The van der Waals surface area contributed by atoms with Gasteiger partial charge in [-0.05, 0) is 37.6 Å². The van der Waals surface area contributed by atoms with Crippen LogP contribution in [0.25, 0.3) is 11.4 Å². The lowest BCUT2D eigenvalue weighted by molar-refractivity contribution is 0.0635. The lowest BCUT2D eigenvalue weighted by Gasteiger charge is -2.34. The van der Waals surface area contributed by atoms with Crippen LogP contribution < -0.4 is 0 Å². The van der Waals surface area contributed by atoms with Crippen LogP contribution >= 0.6 is 0 Å². The van der Waals surface area contributed by atoms with Gasteiger partial charge in [0.1, 0.15) is 0 Å². The van der Waals surface area contributed by atoms with Crippen molar-refractivity contribution >= 4 is 5.91 Å². The molecule has 3 aromatic rings. The molecule has 0 bridgehead atoms. The van der Waals surface area contributed by atoms with Gasteiger partial charge < -0.3 is 14.2 Å². The van der Waals surface area contributed by atoms with Crippen molar-refractivity contribution in [1.29, 1.82) is 0 Å². The first-order valence-corrected chi connectivity index (χ1v) is 11.1. The maximum atomic E-state index is 12.8. The Balaban J connectivity index is 1.21. The van der Waals surface area contributed by atoms with Crippen molar-refractivity contribution in [1.82, 2.24) is 19.9 Å². The molecule has 32 heavy (non-hydrogen) atoms. The van der Waals surface area contributed by atoms with Crippen molar-refractivity contribution in [3.8, 4) is 11.4 Å². The van der Waals surface area contributed by atoms with Crippen LogP contribution in [-0.4, -0.2) is 65.7 Å². The largest absolute Gasteiger partial charge is 0.380 e. The van der Waals surface area contributed by atoms with Crippen molar-refractivity contribution in [3.63, 3.8) is 0 Å². The van der Waals surface area contributed by atoms with Gasteiger partial charge in [-0.3, -0.25) is 9.69 Å². The Bertz CT molecular complexity index is 1020. The summed E-state index contributed by atoms with van der Waals surface area (Å²) in [7, 11) is 1.66. The van der Waals surface area contributed by atoms with Crippen LogP contribution in [0.4, 0.5) is 0 Å². The van der Waals surface area contributed by atoms with E-state index >= 15 is 0 Å². The smallest absolute Gasteiger partial charge is 0.253 e. The van der Waals surface area contributed by atoms with Gasteiger partial charge in [-0.2, -0.15) is 4.98 Å². The molecule has 0 atom stereocenters. The quantitative estimate of drug-likeness (QED) is 0.540. The Morgan fingerprint density at radius 2 is 1.88 bits per heavy atom. The van der Waals surface area contributed by atoms with E-state index in [-0.39, 0.29) is 5.91 Å². The summed E-state index contributed by atoms with van der Waals surface area (Å²) in [4.78, 5) is 21.7. The van der Waals surface area contributed by atoms with Crippen LogP contribution in [-0.2, 0) is 17.8 Å². The van der Waals surface area contributed by atoms with Gasteiger partial charge >= 0.3 is 0 Å². The summed E-state index contributed by atoms with van der Waals surface area (Å²) in [6, 6.07) is 15.8. The summed E-state index contributed by atoms with van der Waals surface area (Å²) >= 11 is 0. The fraction of sp³-hybridized carbons (Fsp3) is 0.400. The van der Waals surface area contributed by atoms with Crippen LogP contribution in [0.15, 0.2) is 53.1 Å². The number of amides is 1. The van der Waals surface area contributed by atoms with E-state index in [9.17, 15) is 4.79 Å². The van der Waals surface area contributed by atoms with Crippen molar-refractivity contribution < 1.29 is 14.1 Å². The maximum absolute atomic E-state index is 12.8. The second-order valence-electron chi connectivity index (χ2n) is 8.25. The van der Waals surface area contributed by atoms with Crippen LogP contribution in [0.5, 0.6) is 0 Å². The number of carbonyl (C=O) groups is 1. The first kappa shape index (κ1) is 22.2. The van der Waals surface area contributed by atoms with Crippen molar-refractivity contribution in [2.45, 2.75) is 26.4 Å². The molecule has 0 radical (unpaired) electrons. The molecule has 2 aromatic carbocycles. The van der Waals surface area contributed by atoms with Crippen LogP contribution in [0, 0.1) is 6.92 Å². The molecule has 1 fully saturated rings. The molecule has 4 rings (SSSR count). The summed E-state index contributed by atoms with van der Waals surface area (Å²) in [5, 5.41) is 4.11. The van der Waals surface area contributed by atoms with Gasteiger partial charge in [-0.15, -0.1) is 0 Å². The molecule has 7 nitrogen and oxygen atoms in total. The number of carbonyl (C=O) groups excluding carboxylic acids is 1. The third-order valence-electron chi connectivity index (χ3n) is 5.79. The molecule has 1 aromatic heterocycles. The van der Waals surface area contributed by atoms with Crippen molar-refractivity contribution in [2.24, 2.45) is 0 Å². The third kappa shape index (κ3) is 5.60. The van der Waals surface area contributed by atoms with Gasteiger partial charge in [-0.25, -0.2) is 0 Å². The van der Waals surface area contributed by atoms with E-state index in [0.29, 0.717) is 18.3 Å². The highest BCUT2D eigenvalue weighted by Gasteiger charge is 2.22. The molecule has 0 aliphatic carbocycles. The van der Waals surface area contributed by atoms with Gasteiger partial charge in [0.25, 0.3) is 5.91 Å². The number of hydrogen-bond acceptors (Lipinski definition) is 6. The molecule has 1 amide bonds. The maximum Gasteiger partial charge on any atom is 0.253 e. The highest BCUT2D eigenvalue weighted by molar-refractivity contribution is 5.94. The standard InChI is InChI=1S/C25H30N4O3/c1-19-8-10-21(11-9-19)24-26-23(32-27-24)7-4-12-28-13-15-29(16-14-28)25(30)22-6-3-5-20(17-22)18-31-2/h3,5-6,8-11,17H,4,7,12-16,18H2,1-2H3. The minimum Gasteiger partial charge on any atom is -0.380 e. The van der Waals surface area contributed by atoms with Gasteiger partial charge in [0.15, 0.2) is 0 Å². The highest BCUT2D eigenvalue weighted by Crippen LogP contribution is 2.17. The van der Waals surface area contributed by atoms with Gasteiger partial charge in [0.2, 0.25) is 11.7 Å². The van der Waals surface area contributed by atoms with E-state index in [2.05, 4.69) is 22.0 Å². The minimum atomic E-state index is 0.0945. The molecule has 0 N–H and O–H groups in total. The first-order chi connectivity index (χ1) is 15.6. The summed E-state index contributed by atoms with van der Waals surface area (Å²) in [5.74, 6) is 1.41. The number of benzene rings is 2. The van der Waals surface area contributed by atoms with Gasteiger partial charge in [0.05, 0.1) is 6.61 Å². The first-order valence-electron chi connectivity index (χ1n) is 11.1. The number of rotatable bonds is 8. The molecule has 0 spiro atoms. The fourth-order valence-electron chi connectivity index (χ4n) is 3.95. The predicted octanol–water partition coefficient (Wildman–Crippen LogP) is 3.58. The minimum absolute atomic E-state index is 0.0945. The normalized spacial score (nSPS) is 14.6. The molecule has 7 heteroatoms. The van der Waals surface area contributed by atoms with E-state index in [1.54, 1.807) is 7.11 Å². The molecule has 0 unspecified atom stereocenters. The SMILES string of the molecule is COCc1cccc(C(=O)N2CCN(CCCc3nc(-c4ccc(C)cc4)no3)CC2)c1. The summed E-state index contributed by atoms with van der Waals surface area (Å²) < 4.78 is 10.6. The lowest BCUT2D eigenvalue weighted by Crippen LogP contribution is -2.48. The number of piperazine rings is 1. The molecule has 1 saturated heterocycles. The Kier molecular flexibility index (Phi) is 7.29. The van der Waals surface area contributed by atoms with E-state index in [1.807, 2.05) is 53.4 Å². The second-order valence-corrected chi connectivity index (χ2v) is 8.25. The molecule has 2 heterocycles. The fourth-order valence-corrected chi connectivity index (χ4v) is 3.95. The second kappa shape index (κ2) is 10.5. The molecule has 1 aliphatic heterocycles. The highest BCUT2D eigenvalue weighted by atomic mass is 16.5.